The van der Waals surface area contributed by atoms with Crippen molar-refractivity contribution in [1.82, 2.24) is 14.9 Å². The standard InChI is InChI=1S/C23H29N3O5/c1-29-18-11-15(12-19(30-2)20(18)31-3)21-24-17-9-10-26(13-16(17)22(27)25-21)23(28)14-7-5-4-6-8-14/h11-12,14H,4-10,13H2,1-3H3,(H,24,25,27). The van der Waals surface area contributed by atoms with Gasteiger partial charge in [-0.3, -0.25) is 9.59 Å². The van der Waals surface area contributed by atoms with Gasteiger partial charge < -0.3 is 24.1 Å². The average molecular weight is 428 g/mol. The number of rotatable bonds is 5. The lowest BCUT2D eigenvalue weighted by Crippen LogP contribution is -2.42. The molecule has 166 valence electrons. The van der Waals surface area contributed by atoms with E-state index in [1.54, 1.807) is 33.5 Å². The lowest BCUT2D eigenvalue weighted by Gasteiger charge is -2.32. The van der Waals surface area contributed by atoms with Gasteiger partial charge in [-0.05, 0) is 25.0 Å². The lowest BCUT2D eigenvalue weighted by atomic mass is 9.88. The fraction of sp³-hybridized carbons (Fsp3) is 0.522. The van der Waals surface area contributed by atoms with Gasteiger partial charge in [-0.2, -0.15) is 0 Å². The van der Waals surface area contributed by atoms with E-state index in [2.05, 4.69) is 4.98 Å². The molecule has 2 heterocycles. The molecule has 31 heavy (non-hydrogen) atoms. The Hall–Kier alpha value is -3.03. The summed E-state index contributed by atoms with van der Waals surface area (Å²) in [6.45, 7) is 0.913. The molecule has 0 bridgehead atoms. The number of hydrogen-bond donors (Lipinski definition) is 1. The Bertz CT molecular complexity index is 1000. The number of methoxy groups -OCH3 is 3. The van der Waals surface area contributed by atoms with E-state index in [9.17, 15) is 9.59 Å². The second-order valence-corrected chi connectivity index (χ2v) is 8.10. The van der Waals surface area contributed by atoms with E-state index in [1.165, 1.54) is 6.42 Å². The highest BCUT2D eigenvalue weighted by Gasteiger charge is 2.30. The molecule has 2 aliphatic rings. The molecule has 0 atom stereocenters. The number of hydrogen-bond acceptors (Lipinski definition) is 6. The summed E-state index contributed by atoms with van der Waals surface area (Å²) in [6.07, 6.45) is 5.91. The van der Waals surface area contributed by atoms with Crippen LogP contribution in [0.1, 0.15) is 43.4 Å². The molecule has 0 radical (unpaired) electrons. The van der Waals surface area contributed by atoms with E-state index in [1.807, 2.05) is 4.90 Å². The van der Waals surface area contributed by atoms with Crippen LogP contribution in [0.25, 0.3) is 11.4 Å². The summed E-state index contributed by atoms with van der Waals surface area (Å²) < 4.78 is 16.2. The van der Waals surface area contributed by atoms with Crippen LogP contribution in [0.2, 0.25) is 0 Å². The molecule has 1 aliphatic carbocycles. The maximum absolute atomic E-state index is 12.9. The van der Waals surface area contributed by atoms with Gasteiger partial charge in [0.1, 0.15) is 5.82 Å². The van der Waals surface area contributed by atoms with Crippen LogP contribution in [-0.4, -0.2) is 48.6 Å². The average Bonchev–Trinajstić information content (AvgIpc) is 2.82. The van der Waals surface area contributed by atoms with Gasteiger partial charge >= 0.3 is 0 Å². The molecule has 0 saturated heterocycles. The normalized spacial score (nSPS) is 16.5. The van der Waals surface area contributed by atoms with E-state index in [-0.39, 0.29) is 17.4 Å². The smallest absolute Gasteiger partial charge is 0.256 e. The Balaban J connectivity index is 1.63. The second kappa shape index (κ2) is 8.99. The van der Waals surface area contributed by atoms with E-state index in [4.69, 9.17) is 19.2 Å². The summed E-state index contributed by atoms with van der Waals surface area (Å²) >= 11 is 0. The summed E-state index contributed by atoms with van der Waals surface area (Å²) in [6, 6.07) is 3.52. The summed E-state index contributed by atoms with van der Waals surface area (Å²) in [5.41, 5.74) is 1.76. The first-order chi connectivity index (χ1) is 15.0. The molecule has 1 aromatic carbocycles. The predicted octanol–water partition coefficient (Wildman–Crippen LogP) is 2.93. The number of nitrogens with zero attached hydrogens (tertiary/aromatic N) is 2. The first-order valence-corrected chi connectivity index (χ1v) is 10.8. The molecule has 1 fully saturated rings. The first-order valence-electron chi connectivity index (χ1n) is 10.8. The highest BCUT2D eigenvalue weighted by molar-refractivity contribution is 5.79. The fourth-order valence-corrected chi connectivity index (χ4v) is 4.58. The molecular weight excluding hydrogens is 398 g/mol. The molecule has 4 rings (SSSR count). The largest absolute Gasteiger partial charge is 0.493 e. The van der Waals surface area contributed by atoms with Gasteiger partial charge in [0.15, 0.2) is 11.5 Å². The van der Waals surface area contributed by atoms with Crippen LogP contribution in [0, 0.1) is 5.92 Å². The number of ether oxygens (including phenoxy) is 3. The monoisotopic (exact) mass is 427 g/mol. The molecule has 1 amide bonds. The van der Waals surface area contributed by atoms with Crippen LogP contribution in [0.4, 0.5) is 0 Å². The minimum atomic E-state index is -0.213. The van der Waals surface area contributed by atoms with Crippen molar-refractivity contribution in [2.45, 2.75) is 45.1 Å². The van der Waals surface area contributed by atoms with Gasteiger partial charge in [0.2, 0.25) is 11.7 Å². The predicted molar refractivity (Wildman–Crippen MR) is 116 cm³/mol. The Morgan fingerprint density at radius 2 is 1.74 bits per heavy atom. The topological polar surface area (TPSA) is 93.8 Å². The van der Waals surface area contributed by atoms with Crippen molar-refractivity contribution in [1.29, 1.82) is 0 Å². The summed E-state index contributed by atoms with van der Waals surface area (Å²) in [5, 5.41) is 0. The Morgan fingerprint density at radius 1 is 1.06 bits per heavy atom. The van der Waals surface area contributed by atoms with Gasteiger partial charge in [0.25, 0.3) is 5.56 Å². The van der Waals surface area contributed by atoms with E-state index < -0.39 is 0 Å². The third-order valence-corrected chi connectivity index (χ3v) is 6.27. The zero-order valence-electron chi connectivity index (χ0n) is 18.3. The van der Waals surface area contributed by atoms with Gasteiger partial charge in [-0.1, -0.05) is 19.3 Å². The van der Waals surface area contributed by atoms with Crippen molar-refractivity contribution in [2.24, 2.45) is 5.92 Å². The number of H-pyrrole nitrogens is 1. The molecule has 0 spiro atoms. The third-order valence-electron chi connectivity index (χ3n) is 6.27. The molecular formula is C23H29N3O5. The number of fused-ring (bicyclic) bond motifs is 1. The van der Waals surface area contributed by atoms with E-state index in [0.717, 1.165) is 31.4 Å². The number of aromatic amines is 1. The number of carbonyl (C=O) groups excluding carboxylic acids is 1. The van der Waals surface area contributed by atoms with Crippen LogP contribution in [-0.2, 0) is 17.8 Å². The highest BCUT2D eigenvalue weighted by atomic mass is 16.5. The third kappa shape index (κ3) is 4.11. The number of nitrogens with one attached hydrogen (secondary N) is 1. The summed E-state index contributed by atoms with van der Waals surface area (Å²) in [7, 11) is 4.63. The SMILES string of the molecule is COc1cc(-c2nc3c(c(=O)[nH]2)CN(C(=O)C2CCCCC2)CC3)cc(OC)c1OC. The van der Waals surface area contributed by atoms with Crippen molar-refractivity contribution < 1.29 is 19.0 Å². The van der Waals surface area contributed by atoms with Crippen molar-refractivity contribution in [3.63, 3.8) is 0 Å². The molecule has 8 heteroatoms. The van der Waals surface area contributed by atoms with Gasteiger partial charge in [0, 0.05) is 24.4 Å². The Kier molecular flexibility index (Phi) is 6.15. The molecule has 8 nitrogen and oxygen atoms in total. The molecule has 0 unspecified atom stereocenters. The van der Waals surface area contributed by atoms with E-state index >= 15 is 0 Å². The fourth-order valence-electron chi connectivity index (χ4n) is 4.58. The van der Waals surface area contributed by atoms with Gasteiger partial charge in [-0.25, -0.2) is 4.98 Å². The second-order valence-electron chi connectivity index (χ2n) is 8.10. The number of amides is 1. The van der Waals surface area contributed by atoms with Gasteiger partial charge in [0.05, 0.1) is 39.1 Å². The Morgan fingerprint density at radius 3 is 2.35 bits per heavy atom. The number of aromatic nitrogens is 2. The number of carbonyl (C=O) groups is 1. The van der Waals surface area contributed by atoms with Crippen LogP contribution < -0.4 is 19.8 Å². The molecule has 2 aromatic rings. The minimum absolute atomic E-state index is 0.0980. The maximum Gasteiger partial charge on any atom is 0.256 e. The summed E-state index contributed by atoms with van der Waals surface area (Å²) in [5.74, 6) is 2.17. The maximum atomic E-state index is 12.9. The zero-order chi connectivity index (χ0) is 22.0. The minimum Gasteiger partial charge on any atom is -0.493 e. The summed E-state index contributed by atoms with van der Waals surface area (Å²) in [4.78, 5) is 35.2. The van der Waals surface area contributed by atoms with Crippen molar-refractivity contribution >= 4 is 5.91 Å². The van der Waals surface area contributed by atoms with E-state index in [0.29, 0.717) is 53.7 Å². The Labute approximate surface area is 181 Å². The molecule has 1 aromatic heterocycles. The van der Waals surface area contributed by atoms with Gasteiger partial charge in [-0.15, -0.1) is 0 Å². The van der Waals surface area contributed by atoms with Crippen LogP contribution >= 0.6 is 0 Å². The number of benzene rings is 1. The van der Waals surface area contributed by atoms with Crippen molar-refractivity contribution in [3.8, 4) is 28.6 Å². The lowest BCUT2D eigenvalue weighted by molar-refractivity contribution is -0.137. The van der Waals surface area contributed by atoms with Crippen LogP contribution in [0.5, 0.6) is 17.2 Å². The van der Waals surface area contributed by atoms with Crippen LogP contribution in [0.15, 0.2) is 16.9 Å². The quantitative estimate of drug-likeness (QED) is 0.789. The van der Waals surface area contributed by atoms with Crippen LogP contribution in [0.3, 0.4) is 0 Å². The van der Waals surface area contributed by atoms with Crippen molar-refractivity contribution in [2.75, 3.05) is 27.9 Å². The molecule has 1 N–H and O–H groups in total. The molecule has 1 saturated carbocycles. The van der Waals surface area contributed by atoms with Crippen molar-refractivity contribution in [3.05, 3.63) is 33.7 Å². The first kappa shape index (κ1) is 21.2. The zero-order valence-corrected chi connectivity index (χ0v) is 18.3. The highest BCUT2D eigenvalue weighted by Crippen LogP contribution is 2.40. The molecule has 1 aliphatic heterocycles.